The minimum atomic E-state index is -3.62. The van der Waals surface area contributed by atoms with Gasteiger partial charge in [-0.05, 0) is 60.6 Å². The molecule has 2 amide bonds. The van der Waals surface area contributed by atoms with Crippen molar-refractivity contribution in [2.75, 3.05) is 18.4 Å². The Morgan fingerprint density at radius 3 is 2.44 bits per heavy atom. The van der Waals surface area contributed by atoms with Gasteiger partial charge in [-0.25, -0.2) is 8.42 Å². The number of fused-ring (bicyclic) bond motifs is 1. The van der Waals surface area contributed by atoms with Crippen LogP contribution in [0.3, 0.4) is 0 Å². The largest absolute Gasteiger partial charge is 0.341 e. The van der Waals surface area contributed by atoms with Gasteiger partial charge in [0.2, 0.25) is 21.8 Å². The van der Waals surface area contributed by atoms with Gasteiger partial charge < -0.3 is 10.6 Å². The lowest BCUT2D eigenvalue weighted by Gasteiger charge is -2.19. The number of benzene rings is 2. The van der Waals surface area contributed by atoms with Gasteiger partial charge >= 0.3 is 0 Å². The van der Waals surface area contributed by atoms with Crippen LogP contribution in [0.2, 0.25) is 0 Å². The lowest BCUT2D eigenvalue weighted by atomic mass is 10.1. The van der Waals surface area contributed by atoms with Gasteiger partial charge in [-0.15, -0.1) is 11.8 Å². The minimum Gasteiger partial charge on any atom is -0.341 e. The number of amides is 2. The zero-order valence-corrected chi connectivity index (χ0v) is 20.2. The molecule has 5 unspecified atom stereocenters. The molecule has 7 nitrogen and oxygen atoms in total. The third-order valence-corrected chi connectivity index (χ3v) is 10.2. The highest BCUT2D eigenvalue weighted by Crippen LogP contribution is 2.48. The average Bonchev–Trinajstić information content (AvgIpc) is 3.41. The van der Waals surface area contributed by atoms with Crippen molar-refractivity contribution in [3.05, 3.63) is 72.8 Å². The fourth-order valence-electron chi connectivity index (χ4n) is 4.88. The van der Waals surface area contributed by atoms with E-state index in [0.717, 1.165) is 12.8 Å². The number of rotatable bonds is 7. The zero-order chi connectivity index (χ0) is 23.9. The van der Waals surface area contributed by atoms with Crippen LogP contribution in [0.5, 0.6) is 0 Å². The average molecular weight is 498 g/mol. The van der Waals surface area contributed by atoms with Crippen LogP contribution in [0.15, 0.2) is 72.1 Å². The Balaban J connectivity index is 1.17. The third kappa shape index (κ3) is 4.64. The first-order chi connectivity index (χ1) is 16.3. The van der Waals surface area contributed by atoms with Crippen molar-refractivity contribution in [1.29, 1.82) is 0 Å². The lowest BCUT2D eigenvalue weighted by Crippen LogP contribution is -2.33. The molecule has 2 heterocycles. The van der Waals surface area contributed by atoms with Gasteiger partial charge in [0.25, 0.3) is 0 Å². The number of nitrogens with zero attached hydrogens (tertiary/aromatic N) is 1. The topological polar surface area (TPSA) is 95.6 Å². The van der Waals surface area contributed by atoms with Gasteiger partial charge in [0.1, 0.15) is 0 Å². The first-order valence-corrected chi connectivity index (χ1v) is 13.8. The van der Waals surface area contributed by atoms with E-state index in [0.29, 0.717) is 18.8 Å². The molecule has 0 radical (unpaired) electrons. The number of thioether (sulfide) groups is 1. The van der Waals surface area contributed by atoms with E-state index in [4.69, 9.17) is 0 Å². The second-order valence-corrected chi connectivity index (χ2v) is 12.5. The summed E-state index contributed by atoms with van der Waals surface area (Å²) in [5.74, 6) is 0.174. The van der Waals surface area contributed by atoms with Crippen molar-refractivity contribution in [3.8, 4) is 0 Å². The van der Waals surface area contributed by atoms with Crippen LogP contribution in [-0.4, -0.2) is 48.3 Å². The van der Waals surface area contributed by atoms with Crippen LogP contribution < -0.4 is 10.6 Å². The Labute approximate surface area is 204 Å². The molecule has 1 aliphatic carbocycles. The first-order valence-electron chi connectivity index (χ1n) is 11.4. The SMILES string of the molecule is C=CC(=O)NC1CC2CN(S(=O)(=O)c3ccc(NC(=O)C4CC4c4ccccc4)cc3)CC2S1. The fourth-order valence-corrected chi connectivity index (χ4v) is 8.15. The second kappa shape index (κ2) is 9.20. The third-order valence-electron chi connectivity index (χ3n) is 6.81. The van der Waals surface area contributed by atoms with Crippen molar-refractivity contribution >= 4 is 39.3 Å². The molecule has 0 spiro atoms. The monoisotopic (exact) mass is 497 g/mol. The number of carbonyl (C=O) groups is 2. The molecular formula is C25H27N3O4S2. The van der Waals surface area contributed by atoms with Crippen LogP contribution >= 0.6 is 11.8 Å². The molecule has 178 valence electrons. The molecule has 3 aliphatic rings. The normalized spacial score (nSPS) is 28.2. The van der Waals surface area contributed by atoms with Gasteiger partial charge in [-0.3, -0.25) is 9.59 Å². The van der Waals surface area contributed by atoms with Crippen LogP contribution in [0.4, 0.5) is 5.69 Å². The molecule has 5 atom stereocenters. The van der Waals surface area contributed by atoms with Crippen LogP contribution in [0.25, 0.3) is 0 Å². The van der Waals surface area contributed by atoms with Crippen molar-refractivity contribution in [2.24, 2.45) is 11.8 Å². The molecule has 34 heavy (non-hydrogen) atoms. The predicted molar refractivity (Wildman–Crippen MR) is 133 cm³/mol. The molecule has 2 saturated heterocycles. The van der Waals surface area contributed by atoms with E-state index < -0.39 is 10.0 Å². The molecule has 0 bridgehead atoms. The highest BCUT2D eigenvalue weighted by atomic mass is 32.2. The number of nitrogens with one attached hydrogen (secondary N) is 2. The summed E-state index contributed by atoms with van der Waals surface area (Å²) >= 11 is 1.62. The molecule has 3 fully saturated rings. The summed E-state index contributed by atoms with van der Waals surface area (Å²) in [6.07, 6.45) is 2.83. The Morgan fingerprint density at radius 2 is 1.76 bits per heavy atom. The lowest BCUT2D eigenvalue weighted by molar-refractivity contribution is -0.117. The van der Waals surface area contributed by atoms with Gasteiger partial charge in [0, 0.05) is 29.9 Å². The molecule has 2 aromatic carbocycles. The fraction of sp³-hybridized carbons (Fsp3) is 0.360. The maximum Gasteiger partial charge on any atom is 0.244 e. The van der Waals surface area contributed by atoms with Crippen LogP contribution in [0.1, 0.15) is 24.3 Å². The summed E-state index contributed by atoms with van der Waals surface area (Å²) in [5, 5.41) is 5.98. The van der Waals surface area contributed by atoms with Gasteiger partial charge in [0.05, 0.1) is 10.3 Å². The van der Waals surface area contributed by atoms with E-state index in [1.807, 2.05) is 30.3 Å². The molecule has 2 N–H and O–H groups in total. The molecule has 5 rings (SSSR count). The highest BCUT2D eigenvalue weighted by molar-refractivity contribution is 8.00. The summed E-state index contributed by atoms with van der Waals surface area (Å²) in [5.41, 5.74) is 1.77. The molecule has 2 aromatic rings. The molecule has 1 saturated carbocycles. The smallest absolute Gasteiger partial charge is 0.244 e. The van der Waals surface area contributed by atoms with E-state index in [1.165, 1.54) is 15.9 Å². The first kappa shape index (κ1) is 23.1. The van der Waals surface area contributed by atoms with Gasteiger partial charge in [-0.1, -0.05) is 36.9 Å². The molecule has 0 aromatic heterocycles. The predicted octanol–water partition coefficient (Wildman–Crippen LogP) is 3.18. The molecule has 9 heteroatoms. The van der Waals surface area contributed by atoms with Crippen molar-refractivity contribution in [3.63, 3.8) is 0 Å². The minimum absolute atomic E-state index is 0.00112. The molecular weight excluding hydrogens is 470 g/mol. The highest BCUT2D eigenvalue weighted by Gasteiger charge is 2.46. The van der Waals surface area contributed by atoms with Gasteiger partial charge in [-0.2, -0.15) is 4.31 Å². The maximum absolute atomic E-state index is 13.2. The van der Waals surface area contributed by atoms with Crippen molar-refractivity contribution < 1.29 is 18.0 Å². The van der Waals surface area contributed by atoms with Crippen molar-refractivity contribution in [1.82, 2.24) is 9.62 Å². The maximum atomic E-state index is 13.2. The summed E-state index contributed by atoms with van der Waals surface area (Å²) in [6, 6.07) is 16.4. The quantitative estimate of drug-likeness (QED) is 0.573. The second-order valence-electron chi connectivity index (χ2n) is 9.07. The van der Waals surface area contributed by atoms with E-state index in [9.17, 15) is 18.0 Å². The van der Waals surface area contributed by atoms with Crippen molar-refractivity contribution in [2.45, 2.75) is 34.3 Å². The summed E-state index contributed by atoms with van der Waals surface area (Å²) < 4.78 is 27.9. The number of hydrogen-bond donors (Lipinski definition) is 2. The van der Waals surface area contributed by atoms with Crippen LogP contribution in [0, 0.1) is 11.8 Å². The number of hydrogen-bond acceptors (Lipinski definition) is 5. The summed E-state index contributed by atoms with van der Waals surface area (Å²) in [7, 11) is -3.62. The Hall–Kier alpha value is -2.62. The number of anilines is 1. The van der Waals surface area contributed by atoms with E-state index in [1.54, 1.807) is 36.0 Å². The Kier molecular flexibility index (Phi) is 6.26. The molecule has 2 aliphatic heterocycles. The van der Waals surface area contributed by atoms with Crippen LogP contribution in [-0.2, 0) is 19.6 Å². The number of sulfonamides is 1. The van der Waals surface area contributed by atoms with E-state index in [-0.39, 0.29) is 45.1 Å². The zero-order valence-electron chi connectivity index (χ0n) is 18.6. The van der Waals surface area contributed by atoms with E-state index >= 15 is 0 Å². The van der Waals surface area contributed by atoms with Gasteiger partial charge in [0.15, 0.2) is 0 Å². The Morgan fingerprint density at radius 1 is 1.03 bits per heavy atom. The Bertz CT molecular complexity index is 1190. The number of carbonyl (C=O) groups excluding carboxylic acids is 2. The standard InChI is InChI=1S/C25H27N3O4S2/c1-2-23(29)27-24-12-17-14-28(15-22(17)33-24)34(31,32)19-10-8-18(9-11-19)26-25(30)21-13-20(21)16-6-4-3-5-7-16/h2-11,17,20-22,24H,1,12-15H2,(H,26,30)(H,27,29). The van der Waals surface area contributed by atoms with E-state index in [2.05, 4.69) is 17.2 Å². The summed E-state index contributed by atoms with van der Waals surface area (Å²) in [4.78, 5) is 24.4. The summed E-state index contributed by atoms with van der Waals surface area (Å²) in [6.45, 7) is 4.35.